The van der Waals surface area contributed by atoms with Crippen LogP contribution in [0.4, 0.5) is 0 Å². The Kier molecular flexibility index (Phi) is 4.14. The Balaban J connectivity index is 1.73. The van der Waals surface area contributed by atoms with E-state index in [9.17, 15) is 5.26 Å². The molecule has 0 aromatic heterocycles. The summed E-state index contributed by atoms with van der Waals surface area (Å²) in [6, 6.07) is 10.6. The summed E-state index contributed by atoms with van der Waals surface area (Å²) < 4.78 is 11.4. The van der Waals surface area contributed by atoms with Gasteiger partial charge in [-0.05, 0) is 50.4 Å². The number of ether oxygens (including phenoxy) is 2. The highest BCUT2D eigenvalue weighted by Gasteiger charge is 2.34. The van der Waals surface area contributed by atoms with Crippen molar-refractivity contribution in [2.24, 2.45) is 0 Å². The van der Waals surface area contributed by atoms with Crippen LogP contribution in [0.1, 0.15) is 31.2 Å². The summed E-state index contributed by atoms with van der Waals surface area (Å²) in [7, 11) is 2.10. The smallest absolute Gasteiger partial charge is 0.152 e. The highest BCUT2D eigenvalue weighted by Crippen LogP contribution is 2.35. The van der Waals surface area contributed by atoms with Crippen LogP contribution in [0.3, 0.4) is 0 Å². The number of nitriles is 1. The van der Waals surface area contributed by atoms with E-state index in [1.165, 1.54) is 6.42 Å². The molecule has 2 heterocycles. The normalized spacial score (nSPS) is 25.4. The van der Waals surface area contributed by atoms with Gasteiger partial charge in [0.25, 0.3) is 0 Å². The lowest BCUT2D eigenvalue weighted by Crippen LogP contribution is -2.32. The van der Waals surface area contributed by atoms with Gasteiger partial charge in [0.2, 0.25) is 0 Å². The maximum Gasteiger partial charge on any atom is 0.152 e. The van der Waals surface area contributed by atoms with Gasteiger partial charge in [0.1, 0.15) is 5.75 Å². The maximum atomic E-state index is 9.59. The monoisotopic (exact) mass is 286 g/mol. The van der Waals surface area contributed by atoms with Gasteiger partial charge in [-0.25, -0.2) is 0 Å². The fourth-order valence-corrected chi connectivity index (χ4v) is 3.22. The van der Waals surface area contributed by atoms with E-state index < -0.39 is 0 Å². The summed E-state index contributed by atoms with van der Waals surface area (Å²) >= 11 is 0. The molecular formula is C17H22N2O2. The molecule has 0 bridgehead atoms. The topological polar surface area (TPSA) is 45.5 Å². The van der Waals surface area contributed by atoms with Crippen molar-refractivity contribution in [1.29, 1.82) is 5.26 Å². The third-order valence-electron chi connectivity index (χ3n) is 4.69. The standard InChI is InChI=1S/C17H22N2O2/c1-19-10-2-3-16(19)21-15-6-4-14(5-7-15)17(13-18)8-11-20-12-9-17/h4-7,16H,2-3,8-12H2,1H3. The van der Waals surface area contributed by atoms with Crippen LogP contribution in [0.2, 0.25) is 0 Å². The average Bonchev–Trinajstić information content (AvgIpc) is 2.94. The van der Waals surface area contributed by atoms with Crippen molar-refractivity contribution in [3.8, 4) is 11.8 Å². The third kappa shape index (κ3) is 2.90. The number of likely N-dealkylation sites (tertiary alicyclic amines) is 1. The van der Waals surface area contributed by atoms with E-state index in [0.29, 0.717) is 13.2 Å². The summed E-state index contributed by atoms with van der Waals surface area (Å²) in [4.78, 5) is 2.24. The minimum Gasteiger partial charge on any atom is -0.475 e. The molecule has 0 aliphatic carbocycles. The molecule has 21 heavy (non-hydrogen) atoms. The van der Waals surface area contributed by atoms with Gasteiger partial charge in [-0.15, -0.1) is 0 Å². The first-order valence-corrected chi connectivity index (χ1v) is 7.70. The predicted molar refractivity (Wildman–Crippen MR) is 80.1 cm³/mol. The molecule has 0 N–H and O–H groups in total. The molecule has 0 radical (unpaired) electrons. The van der Waals surface area contributed by atoms with Crippen molar-refractivity contribution < 1.29 is 9.47 Å². The van der Waals surface area contributed by atoms with Crippen molar-refractivity contribution in [1.82, 2.24) is 4.90 Å². The predicted octanol–water partition coefficient (Wildman–Crippen LogP) is 2.69. The number of nitrogens with zero attached hydrogens (tertiary/aromatic N) is 2. The summed E-state index contributed by atoms with van der Waals surface area (Å²) in [5.74, 6) is 0.887. The molecule has 3 rings (SSSR count). The second-order valence-electron chi connectivity index (χ2n) is 6.03. The second-order valence-corrected chi connectivity index (χ2v) is 6.03. The maximum absolute atomic E-state index is 9.59. The van der Waals surface area contributed by atoms with Gasteiger partial charge >= 0.3 is 0 Å². The Morgan fingerprint density at radius 3 is 2.57 bits per heavy atom. The van der Waals surface area contributed by atoms with Gasteiger partial charge < -0.3 is 9.47 Å². The van der Waals surface area contributed by atoms with Crippen LogP contribution < -0.4 is 4.74 Å². The Morgan fingerprint density at radius 1 is 1.29 bits per heavy atom. The molecular weight excluding hydrogens is 264 g/mol. The Hall–Kier alpha value is -1.57. The summed E-state index contributed by atoms with van der Waals surface area (Å²) in [6.07, 6.45) is 4.00. The first-order valence-electron chi connectivity index (χ1n) is 7.70. The van der Waals surface area contributed by atoms with Crippen molar-refractivity contribution in [3.05, 3.63) is 29.8 Å². The van der Waals surface area contributed by atoms with Gasteiger partial charge in [0.05, 0.1) is 11.5 Å². The minimum absolute atomic E-state index is 0.184. The first-order chi connectivity index (χ1) is 10.2. The van der Waals surface area contributed by atoms with E-state index >= 15 is 0 Å². The average molecular weight is 286 g/mol. The van der Waals surface area contributed by atoms with E-state index in [0.717, 1.165) is 37.1 Å². The van der Waals surface area contributed by atoms with Crippen LogP contribution in [-0.4, -0.2) is 37.9 Å². The molecule has 0 amide bonds. The van der Waals surface area contributed by atoms with E-state index in [1.807, 2.05) is 24.3 Å². The van der Waals surface area contributed by atoms with Crippen molar-refractivity contribution in [2.75, 3.05) is 26.8 Å². The van der Waals surface area contributed by atoms with E-state index in [1.54, 1.807) is 0 Å². The quantitative estimate of drug-likeness (QED) is 0.857. The zero-order valence-electron chi connectivity index (χ0n) is 12.5. The van der Waals surface area contributed by atoms with Crippen LogP contribution >= 0.6 is 0 Å². The Bertz CT molecular complexity index is 515. The molecule has 2 aliphatic rings. The van der Waals surface area contributed by atoms with Gasteiger partial charge in [-0.3, -0.25) is 4.90 Å². The molecule has 4 nitrogen and oxygen atoms in total. The number of benzene rings is 1. The summed E-state index contributed by atoms with van der Waals surface area (Å²) in [5, 5.41) is 9.59. The van der Waals surface area contributed by atoms with E-state index in [2.05, 4.69) is 18.0 Å². The van der Waals surface area contributed by atoms with Crippen molar-refractivity contribution >= 4 is 0 Å². The third-order valence-corrected chi connectivity index (χ3v) is 4.69. The highest BCUT2D eigenvalue weighted by atomic mass is 16.5. The van der Waals surface area contributed by atoms with E-state index in [4.69, 9.17) is 9.47 Å². The van der Waals surface area contributed by atoms with E-state index in [-0.39, 0.29) is 11.6 Å². The van der Waals surface area contributed by atoms with Gasteiger partial charge in [-0.1, -0.05) is 12.1 Å². The van der Waals surface area contributed by atoms with Crippen LogP contribution in [-0.2, 0) is 10.2 Å². The zero-order valence-corrected chi connectivity index (χ0v) is 12.5. The molecule has 0 saturated carbocycles. The SMILES string of the molecule is CN1CCCC1Oc1ccc(C2(C#N)CCOCC2)cc1. The van der Waals surface area contributed by atoms with Crippen molar-refractivity contribution in [3.63, 3.8) is 0 Å². The molecule has 0 spiro atoms. The number of hydrogen-bond acceptors (Lipinski definition) is 4. The molecule has 1 unspecified atom stereocenters. The molecule has 4 heteroatoms. The van der Waals surface area contributed by atoms with Crippen LogP contribution in [0.15, 0.2) is 24.3 Å². The zero-order chi connectivity index (χ0) is 14.7. The van der Waals surface area contributed by atoms with Crippen LogP contribution in [0.5, 0.6) is 5.75 Å². The fraction of sp³-hybridized carbons (Fsp3) is 0.588. The lowest BCUT2D eigenvalue weighted by Gasteiger charge is -2.31. The van der Waals surface area contributed by atoms with Crippen LogP contribution in [0, 0.1) is 11.3 Å². The minimum atomic E-state index is -0.388. The molecule has 2 aliphatic heterocycles. The molecule has 2 saturated heterocycles. The lowest BCUT2D eigenvalue weighted by atomic mass is 9.75. The Morgan fingerprint density at radius 2 is 2.00 bits per heavy atom. The summed E-state index contributed by atoms with van der Waals surface area (Å²) in [5.41, 5.74) is 0.696. The van der Waals surface area contributed by atoms with Gasteiger partial charge in [-0.2, -0.15) is 5.26 Å². The number of hydrogen-bond donors (Lipinski definition) is 0. The summed E-state index contributed by atoms with van der Waals surface area (Å²) in [6.45, 7) is 2.43. The van der Waals surface area contributed by atoms with Gasteiger partial charge in [0.15, 0.2) is 6.23 Å². The second kappa shape index (κ2) is 6.05. The molecule has 1 aromatic rings. The molecule has 112 valence electrons. The largest absolute Gasteiger partial charge is 0.475 e. The molecule has 2 fully saturated rings. The first kappa shape index (κ1) is 14.4. The Labute approximate surface area is 126 Å². The fourth-order valence-electron chi connectivity index (χ4n) is 3.22. The molecule has 1 aromatic carbocycles. The number of rotatable bonds is 3. The van der Waals surface area contributed by atoms with Gasteiger partial charge in [0, 0.05) is 19.8 Å². The highest BCUT2D eigenvalue weighted by molar-refractivity contribution is 5.37. The molecule has 1 atom stereocenters. The van der Waals surface area contributed by atoms with Crippen LogP contribution in [0.25, 0.3) is 0 Å². The van der Waals surface area contributed by atoms with Crippen molar-refractivity contribution in [2.45, 2.75) is 37.3 Å². The lowest BCUT2D eigenvalue weighted by molar-refractivity contribution is 0.0673.